The maximum atomic E-state index is 13.0. The molecule has 2 atom stereocenters. The molecular formula is C18H15Cl3N4O2. The van der Waals surface area contributed by atoms with E-state index in [1.807, 2.05) is 0 Å². The zero-order valence-electron chi connectivity index (χ0n) is 14.0. The molecule has 6 nitrogen and oxygen atoms in total. The van der Waals surface area contributed by atoms with Crippen LogP contribution in [-0.2, 0) is 0 Å². The van der Waals surface area contributed by atoms with Crippen molar-refractivity contribution in [1.82, 2.24) is 15.1 Å². The van der Waals surface area contributed by atoms with Crippen molar-refractivity contribution >= 4 is 46.6 Å². The molecule has 1 aromatic heterocycles. The Balaban J connectivity index is 1.54. The Morgan fingerprint density at radius 3 is 2.48 bits per heavy atom. The third-order valence-electron chi connectivity index (χ3n) is 6.28. The minimum atomic E-state index is -0.818. The van der Waals surface area contributed by atoms with Crippen molar-refractivity contribution in [3.63, 3.8) is 0 Å². The van der Waals surface area contributed by atoms with Gasteiger partial charge in [0.1, 0.15) is 10.7 Å². The average molecular weight is 426 g/mol. The van der Waals surface area contributed by atoms with Gasteiger partial charge in [0.15, 0.2) is 5.69 Å². The summed E-state index contributed by atoms with van der Waals surface area (Å²) in [4.78, 5) is 24.9. The number of rotatable bonds is 4. The highest BCUT2D eigenvalue weighted by atomic mass is 35.5. The number of nitrogens with zero attached hydrogens (tertiary/aromatic N) is 2. The molecule has 1 aromatic carbocycles. The molecule has 4 bridgehead atoms. The quantitative estimate of drug-likeness (QED) is 0.786. The van der Waals surface area contributed by atoms with E-state index in [0.717, 1.165) is 6.42 Å². The number of nitrogens with one attached hydrogen (secondary N) is 1. The Morgan fingerprint density at radius 2 is 1.93 bits per heavy atom. The molecule has 0 aliphatic heterocycles. The number of carbonyl (C=O) groups excluding carboxylic acids is 2. The second-order valence-electron chi connectivity index (χ2n) is 7.64. The van der Waals surface area contributed by atoms with Gasteiger partial charge in [-0.15, -0.1) is 0 Å². The van der Waals surface area contributed by atoms with E-state index in [1.54, 1.807) is 12.1 Å². The van der Waals surface area contributed by atoms with Gasteiger partial charge >= 0.3 is 0 Å². The molecule has 0 radical (unpaired) electrons. The first kappa shape index (κ1) is 17.3. The summed E-state index contributed by atoms with van der Waals surface area (Å²) in [7, 11) is 0. The van der Waals surface area contributed by atoms with E-state index < -0.39 is 11.8 Å². The lowest BCUT2D eigenvalue weighted by molar-refractivity contribution is 0.0910. The standard InChI is InChI=1S/C18H15Cl3N4O2/c19-8-1-2-12(11(20)5-8)25-15(21)13(16(22)26)14(24-25)17(27)23-18-6-7-3-9(18)10(18)4-7/h1-2,5,7,9-10H,3-4,6H2,(H2,22,26)(H,23,27). The van der Waals surface area contributed by atoms with Crippen LogP contribution in [0.4, 0.5) is 0 Å². The smallest absolute Gasteiger partial charge is 0.273 e. The van der Waals surface area contributed by atoms with Crippen molar-refractivity contribution < 1.29 is 9.59 Å². The first-order valence-electron chi connectivity index (χ1n) is 8.68. The first-order valence-corrected chi connectivity index (χ1v) is 9.81. The monoisotopic (exact) mass is 424 g/mol. The summed E-state index contributed by atoms with van der Waals surface area (Å²) < 4.78 is 1.24. The first-order chi connectivity index (χ1) is 12.8. The van der Waals surface area contributed by atoms with Crippen LogP contribution in [-0.4, -0.2) is 27.1 Å². The van der Waals surface area contributed by atoms with E-state index in [-0.39, 0.29) is 27.0 Å². The predicted octanol–water partition coefficient (Wildman–Crippen LogP) is 3.46. The van der Waals surface area contributed by atoms with Gasteiger partial charge in [-0.2, -0.15) is 5.10 Å². The number of halogens is 3. The zero-order chi connectivity index (χ0) is 19.1. The number of primary amides is 1. The van der Waals surface area contributed by atoms with Gasteiger partial charge in [0.2, 0.25) is 0 Å². The Bertz CT molecular complexity index is 1010. The maximum absolute atomic E-state index is 13.0. The summed E-state index contributed by atoms with van der Waals surface area (Å²) in [5.74, 6) is 0.551. The molecule has 4 aliphatic rings. The molecule has 0 spiro atoms. The van der Waals surface area contributed by atoms with Crippen LogP contribution < -0.4 is 11.1 Å². The van der Waals surface area contributed by atoms with Crippen LogP contribution in [0.1, 0.15) is 40.1 Å². The number of hydrogen-bond donors (Lipinski definition) is 2. The van der Waals surface area contributed by atoms with Crippen LogP contribution in [0, 0.1) is 17.8 Å². The van der Waals surface area contributed by atoms with E-state index >= 15 is 0 Å². The summed E-state index contributed by atoms with van der Waals surface area (Å²) in [6, 6.07) is 4.75. The second-order valence-corrected chi connectivity index (χ2v) is 8.84. The van der Waals surface area contributed by atoms with Crippen LogP contribution in [0.2, 0.25) is 15.2 Å². The van der Waals surface area contributed by atoms with Gasteiger partial charge in [0.25, 0.3) is 11.8 Å². The summed E-state index contributed by atoms with van der Waals surface area (Å²) in [6.07, 6.45) is 3.34. The summed E-state index contributed by atoms with van der Waals surface area (Å²) in [5.41, 5.74) is 5.56. The molecule has 3 N–H and O–H groups in total. The van der Waals surface area contributed by atoms with E-state index in [4.69, 9.17) is 40.5 Å². The topological polar surface area (TPSA) is 90.0 Å². The Kier molecular flexibility index (Phi) is 3.61. The molecule has 0 saturated heterocycles. The third-order valence-corrected chi connectivity index (χ3v) is 7.16. The van der Waals surface area contributed by atoms with Crippen molar-refractivity contribution in [1.29, 1.82) is 0 Å². The van der Waals surface area contributed by atoms with Gasteiger partial charge < -0.3 is 11.1 Å². The molecule has 4 fully saturated rings. The van der Waals surface area contributed by atoms with E-state index in [2.05, 4.69) is 10.4 Å². The lowest BCUT2D eigenvalue weighted by Crippen LogP contribution is -2.38. The van der Waals surface area contributed by atoms with Gasteiger partial charge in [-0.05, 0) is 55.2 Å². The van der Waals surface area contributed by atoms with Crippen molar-refractivity contribution in [2.75, 3.05) is 0 Å². The van der Waals surface area contributed by atoms with E-state index in [0.29, 0.717) is 28.5 Å². The summed E-state index contributed by atoms with van der Waals surface area (Å²) in [6.45, 7) is 0. The van der Waals surface area contributed by atoms with Crippen LogP contribution in [0.5, 0.6) is 0 Å². The van der Waals surface area contributed by atoms with Gasteiger partial charge in [0.05, 0.1) is 10.7 Å². The highest BCUT2D eigenvalue weighted by molar-refractivity contribution is 6.36. The molecule has 4 aliphatic carbocycles. The molecule has 4 saturated carbocycles. The van der Waals surface area contributed by atoms with Gasteiger partial charge in [0, 0.05) is 10.6 Å². The predicted molar refractivity (Wildman–Crippen MR) is 102 cm³/mol. The Hall–Kier alpha value is -1.76. The van der Waals surface area contributed by atoms with Gasteiger partial charge in [-0.3, -0.25) is 9.59 Å². The molecule has 6 rings (SSSR count). The normalized spacial score (nSPS) is 29.8. The zero-order valence-corrected chi connectivity index (χ0v) is 16.3. The van der Waals surface area contributed by atoms with Gasteiger partial charge in [-0.1, -0.05) is 34.8 Å². The molecule has 140 valence electrons. The average Bonchev–Trinajstić information content (AvgIpc) is 3.12. The van der Waals surface area contributed by atoms with Gasteiger partial charge in [-0.25, -0.2) is 4.68 Å². The molecular weight excluding hydrogens is 411 g/mol. The third kappa shape index (κ3) is 2.36. The SMILES string of the molecule is NC(=O)c1c(C(=O)NC23CC4CC2C3C4)nn(-c2ccc(Cl)cc2Cl)c1Cl. The number of nitrogens with two attached hydrogens (primary N) is 1. The molecule has 2 amide bonds. The fraction of sp³-hybridized carbons (Fsp3) is 0.389. The Morgan fingerprint density at radius 1 is 1.22 bits per heavy atom. The summed E-state index contributed by atoms with van der Waals surface area (Å²) >= 11 is 18.5. The number of aromatic nitrogens is 2. The second kappa shape index (κ2) is 5.63. The lowest BCUT2D eigenvalue weighted by atomic mass is 10.1. The van der Waals surface area contributed by atoms with Crippen LogP contribution in [0.15, 0.2) is 18.2 Å². The fourth-order valence-electron chi connectivity index (χ4n) is 5.21. The van der Waals surface area contributed by atoms with E-state index in [9.17, 15) is 9.59 Å². The van der Waals surface area contributed by atoms with Crippen molar-refractivity contribution in [2.24, 2.45) is 23.5 Å². The number of amides is 2. The lowest BCUT2D eigenvalue weighted by Gasteiger charge is -2.13. The van der Waals surface area contributed by atoms with Crippen molar-refractivity contribution in [3.05, 3.63) is 44.7 Å². The summed E-state index contributed by atoms with van der Waals surface area (Å²) in [5, 5.41) is 8.05. The van der Waals surface area contributed by atoms with Crippen LogP contribution in [0.25, 0.3) is 5.69 Å². The highest BCUT2D eigenvalue weighted by Crippen LogP contribution is 2.73. The van der Waals surface area contributed by atoms with Crippen LogP contribution in [0.3, 0.4) is 0 Å². The molecule has 9 heteroatoms. The van der Waals surface area contributed by atoms with Crippen molar-refractivity contribution in [2.45, 2.75) is 24.8 Å². The minimum Gasteiger partial charge on any atom is -0.365 e. The molecule has 27 heavy (non-hydrogen) atoms. The van der Waals surface area contributed by atoms with Crippen molar-refractivity contribution in [3.8, 4) is 5.69 Å². The molecule has 2 unspecified atom stereocenters. The van der Waals surface area contributed by atoms with E-state index in [1.165, 1.54) is 23.6 Å². The fourth-order valence-corrected chi connectivity index (χ4v) is 6.01. The largest absolute Gasteiger partial charge is 0.365 e. The van der Waals surface area contributed by atoms with Crippen LogP contribution >= 0.6 is 34.8 Å². The maximum Gasteiger partial charge on any atom is 0.273 e. The number of carbonyl (C=O) groups is 2. The highest BCUT2D eigenvalue weighted by Gasteiger charge is 2.75. The molecule has 2 aromatic rings. The Labute approximate surface area is 169 Å². The minimum absolute atomic E-state index is 0.0579. The number of benzene rings is 1. The number of hydrogen-bond acceptors (Lipinski definition) is 3. The molecule has 1 heterocycles.